The molecule has 0 aromatic heterocycles. The van der Waals surface area contributed by atoms with E-state index in [1.165, 1.54) is 38.5 Å². The van der Waals surface area contributed by atoms with E-state index in [4.69, 9.17) is 11.5 Å². The Morgan fingerprint density at radius 1 is 0.846 bits per heavy atom. The molecule has 0 spiro atoms. The third-order valence-corrected chi connectivity index (χ3v) is 1.89. The van der Waals surface area contributed by atoms with Gasteiger partial charge in [-0.1, -0.05) is 45.4 Å². The van der Waals surface area contributed by atoms with Crippen LogP contribution in [0, 0.1) is 0 Å². The number of hydrogen-bond acceptors (Lipinski definition) is 2. The zero-order valence-electron chi connectivity index (χ0n) is 8.50. The van der Waals surface area contributed by atoms with Crippen LogP contribution in [-0.4, -0.2) is 6.17 Å². The van der Waals surface area contributed by atoms with Gasteiger partial charge in [-0.2, -0.15) is 0 Å². The van der Waals surface area contributed by atoms with E-state index < -0.39 is 0 Å². The molecule has 0 bridgehead atoms. The van der Waals surface area contributed by atoms with Crippen molar-refractivity contribution in [1.29, 1.82) is 0 Å². The fourth-order valence-electron chi connectivity index (χ4n) is 1.16. The summed E-state index contributed by atoms with van der Waals surface area (Å²) in [6.45, 7) is 2.23. The standard InChI is InChI=1S/C9H22N2.2BrH/c1-2-3-4-5-6-7-8-9(10)11;;/h9H,2-8,10-11H2,1H3;2*1H. The van der Waals surface area contributed by atoms with E-state index in [1.807, 2.05) is 0 Å². The van der Waals surface area contributed by atoms with Crippen LogP contribution >= 0.6 is 34.0 Å². The molecule has 0 aliphatic carbocycles. The topological polar surface area (TPSA) is 52.0 Å². The van der Waals surface area contributed by atoms with Crippen LogP contribution < -0.4 is 11.5 Å². The largest absolute Gasteiger partial charge is 0.316 e. The summed E-state index contributed by atoms with van der Waals surface area (Å²) in [5, 5.41) is 0. The van der Waals surface area contributed by atoms with Crippen LogP contribution in [0.25, 0.3) is 0 Å². The van der Waals surface area contributed by atoms with Gasteiger partial charge in [0.25, 0.3) is 0 Å². The SMILES string of the molecule is Br.Br.CCCCCCCCC(N)N. The van der Waals surface area contributed by atoms with Crippen molar-refractivity contribution in [2.24, 2.45) is 11.5 Å². The maximum atomic E-state index is 5.41. The summed E-state index contributed by atoms with van der Waals surface area (Å²) < 4.78 is 0. The number of rotatable bonds is 7. The summed E-state index contributed by atoms with van der Waals surface area (Å²) in [6.07, 6.45) is 8.78. The first-order valence-corrected chi connectivity index (χ1v) is 4.78. The van der Waals surface area contributed by atoms with Crippen molar-refractivity contribution in [3.8, 4) is 0 Å². The lowest BCUT2D eigenvalue weighted by Gasteiger charge is -2.03. The Labute approximate surface area is 103 Å². The molecule has 0 saturated carbocycles. The van der Waals surface area contributed by atoms with Gasteiger partial charge in [-0.25, -0.2) is 0 Å². The van der Waals surface area contributed by atoms with Crippen LogP contribution in [-0.2, 0) is 0 Å². The number of unbranched alkanes of at least 4 members (excludes halogenated alkanes) is 5. The highest BCUT2D eigenvalue weighted by molar-refractivity contribution is 8.93. The molecular formula is C9H24Br2N2. The summed E-state index contributed by atoms with van der Waals surface area (Å²) in [7, 11) is 0. The normalized spacial score (nSPS) is 9.23. The van der Waals surface area contributed by atoms with Crippen molar-refractivity contribution in [2.75, 3.05) is 0 Å². The van der Waals surface area contributed by atoms with Crippen LogP contribution in [0.2, 0.25) is 0 Å². The Hall–Kier alpha value is 0.880. The Morgan fingerprint density at radius 2 is 1.31 bits per heavy atom. The van der Waals surface area contributed by atoms with Gasteiger partial charge in [0.2, 0.25) is 0 Å². The van der Waals surface area contributed by atoms with E-state index in [0.29, 0.717) is 0 Å². The molecule has 0 saturated heterocycles. The third-order valence-electron chi connectivity index (χ3n) is 1.89. The van der Waals surface area contributed by atoms with Gasteiger partial charge in [-0.15, -0.1) is 34.0 Å². The number of hydrogen-bond donors (Lipinski definition) is 2. The van der Waals surface area contributed by atoms with Gasteiger partial charge in [0, 0.05) is 0 Å². The summed E-state index contributed by atoms with van der Waals surface area (Å²) in [4.78, 5) is 0. The minimum Gasteiger partial charge on any atom is -0.316 e. The highest BCUT2D eigenvalue weighted by Crippen LogP contribution is 2.06. The predicted molar refractivity (Wildman–Crippen MR) is 70.8 cm³/mol. The minimum absolute atomic E-state index is 0. The van der Waals surface area contributed by atoms with Gasteiger partial charge < -0.3 is 11.5 Å². The summed E-state index contributed by atoms with van der Waals surface area (Å²) in [5.74, 6) is 0. The predicted octanol–water partition coefficient (Wildman–Crippen LogP) is 3.14. The van der Waals surface area contributed by atoms with E-state index in [9.17, 15) is 0 Å². The molecule has 4 N–H and O–H groups in total. The Morgan fingerprint density at radius 3 is 1.77 bits per heavy atom. The average molecular weight is 320 g/mol. The van der Waals surface area contributed by atoms with E-state index in [0.717, 1.165) is 6.42 Å². The molecule has 84 valence electrons. The molecule has 0 aliphatic rings. The molecule has 0 amide bonds. The third kappa shape index (κ3) is 19.3. The minimum atomic E-state index is -0.0961. The van der Waals surface area contributed by atoms with Crippen LogP contribution in [0.1, 0.15) is 51.9 Å². The fraction of sp³-hybridized carbons (Fsp3) is 1.00. The summed E-state index contributed by atoms with van der Waals surface area (Å²) in [6, 6.07) is 0. The maximum absolute atomic E-state index is 5.41. The monoisotopic (exact) mass is 318 g/mol. The van der Waals surface area contributed by atoms with E-state index in [-0.39, 0.29) is 40.1 Å². The van der Waals surface area contributed by atoms with E-state index in [1.54, 1.807) is 0 Å². The molecule has 0 unspecified atom stereocenters. The van der Waals surface area contributed by atoms with Crippen molar-refractivity contribution >= 4 is 34.0 Å². The second kappa shape index (κ2) is 15.4. The fourth-order valence-corrected chi connectivity index (χ4v) is 1.16. The quantitative estimate of drug-likeness (QED) is 0.559. The molecule has 2 nitrogen and oxygen atoms in total. The lowest BCUT2D eigenvalue weighted by Crippen LogP contribution is -2.29. The molecule has 0 aromatic rings. The van der Waals surface area contributed by atoms with Crippen molar-refractivity contribution in [1.82, 2.24) is 0 Å². The molecule has 0 aliphatic heterocycles. The van der Waals surface area contributed by atoms with Gasteiger partial charge in [0.05, 0.1) is 6.17 Å². The van der Waals surface area contributed by atoms with E-state index >= 15 is 0 Å². The highest BCUT2D eigenvalue weighted by Gasteiger charge is 1.93. The van der Waals surface area contributed by atoms with E-state index in [2.05, 4.69) is 6.92 Å². The summed E-state index contributed by atoms with van der Waals surface area (Å²) in [5.41, 5.74) is 10.8. The van der Waals surface area contributed by atoms with Crippen molar-refractivity contribution in [2.45, 2.75) is 58.0 Å². The molecule has 0 rings (SSSR count). The lowest BCUT2D eigenvalue weighted by molar-refractivity contribution is 0.544. The second-order valence-electron chi connectivity index (χ2n) is 3.22. The first-order valence-electron chi connectivity index (χ1n) is 4.78. The summed E-state index contributed by atoms with van der Waals surface area (Å²) >= 11 is 0. The average Bonchev–Trinajstić information content (AvgIpc) is 1.96. The number of nitrogens with two attached hydrogens (primary N) is 2. The molecule has 0 atom stereocenters. The van der Waals surface area contributed by atoms with Gasteiger partial charge in [-0.3, -0.25) is 0 Å². The Balaban J connectivity index is -0.000000500. The Kier molecular flexibility index (Phi) is 23.0. The number of halogens is 2. The molecular weight excluding hydrogens is 296 g/mol. The molecule has 0 heterocycles. The zero-order chi connectivity index (χ0) is 8.53. The van der Waals surface area contributed by atoms with Crippen LogP contribution in [0.15, 0.2) is 0 Å². The smallest absolute Gasteiger partial charge is 0.0520 e. The van der Waals surface area contributed by atoms with Gasteiger partial charge in [0.15, 0.2) is 0 Å². The highest BCUT2D eigenvalue weighted by atomic mass is 79.9. The van der Waals surface area contributed by atoms with Crippen molar-refractivity contribution in [3.63, 3.8) is 0 Å². The molecule has 0 fully saturated rings. The van der Waals surface area contributed by atoms with Gasteiger partial charge >= 0.3 is 0 Å². The van der Waals surface area contributed by atoms with Gasteiger partial charge in [-0.05, 0) is 6.42 Å². The van der Waals surface area contributed by atoms with Crippen molar-refractivity contribution in [3.05, 3.63) is 0 Å². The molecule has 0 aromatic carbocycles. The van der Waals surface area contributed by atoms with Crippen LogP contribution in [0.4, 0.5) is 0 Å². The molecule has 0 radical (unpaired) electrons. The first-order chi connectivity index (χ1) is 5.27. The first kappa shape index (κ1) is 19.5. The van der Waals surface area contributed by atoms with Gasteiger partial charge in [0.1, 0.15) is 0 Å². The second-order valence-corrected chi connectivity index (χ2v) is 3.22. The van der Waals surface area contributed by atoms with Crippen molar-refractivity contribution < 1.29 is 0 Å². The van der Waals surface area contributed by atoms with Crippen LogP contribution in [0.3, 0.4) is 0 Å². The maximum Gasteiger partial charge on any atom is 0.0520 e. The Bertz CT molecular complexity index is 80.0. The molecule has 4 heteroatoms. The van der Waals surface area contributed by atoms with Crippen LogP contribution in [0.5, 0.6) is 0 Å². The molecule has 13 heavy (non-hydrogen) atoms. The lowest BCUT2D eigenvalue weighted by atomic mass is 10.1. The zero-order valence-corrected chi connectivity index (χ0v) is 11.9.